The first-order chi connectivity index (χ1) is 31.8. The summed E-state index contributed by atoms with van der Waals surface area (Å²) in [5, 5.41) is 4.83. The van der Waals surface area contributed by atoms with E-state index in [1.54, 1.807) is 0 Å². The van der Waals surface area contributed by atoms with E-state index in [0.29, 0.717) is 0 Å². The van der Waals surface area contributed by atoms with Gasteiger partial charge in [-0.25, -0.2) is 0 Å². The van der Waals surface area contributed by atoms with Gasteiger partial charge in [-0.1, -0.05) is 194 Å². The fourth-order valence-corrected chi connectivity index (χ4v) is 11.9. The van der Waals surface area contributed by atoms with Crippen molar-refractivity contribution in [3.05, 3.63) is 259 Å². The van der Waals surface area contributed by atoms with Crippen molar-refractivity contribution in [2.75, 3.05) is 4.90 Å². The zero-order valence-corrected chi connectivity index (χ0v) is 35.6. The van der Waals surface area contributed by atoms with Gasteiger partial charge in [0.05, 0.1) is 16.8 Å². The van der Waals surface area contributed by atoms with E-state index in [2.05, 4.69) is 235 Å². The largest absolute Gasteiger partial charge is 0.454 e. The van der Waals surface area contributed by atoms with Crippen LogP contribution in [-0.2, 0) is 5.41 Å². The van der Waals surface area contributed by atoms with Gasteiger partial charge in [0.25, 0.3) is 0 Å². The van der Waals surface area contributed by atoms with Gasteiger partial charge < -0.3 is 9.32 Å². The van der Waals surface area contributed by atoms with Crippen molar-refractivity contribution < 1.29 is 4.42 Å². The lowest BCUT2D eigenvalue weighted by molar-refractivity contribution is 0.669. The number of furan rings is 1. The van der Waals surface area contributed by atoms with E-state index in [1.807, 2.05) is 17.4 Å². The van der Waals surface area contributed by atoms with E-state index in [4.69, 9.17) is 4.42 Å². The summed E-state index contributed by atoms with van der Waals surface area (Å²) >= 11 is 1.88. The molecule has 0 aliphatic heterocycles. The molecule has 2 heterocycles. The van der Waals surface area contributed by atoms with Gasteiger partial charge in [0.2, 0.25) is 0 Å². The Morgan fingerprint density at radius 3 is 1.81 bits per heavy atom. The molecule has 12 aromatic rings. The number of hydrogen-bond acceptors (Lipinski definition) is 3. The van der Waals surface area contributed by atoms with Crippen LogP contribution in [0.15, 0.2) is 241 Å². The van der Waals surface area contributed by atoms with E-state index in [9.17, 15) is 0 Å². The van der Waals surface area contributed by atoms with Crippen molar-refractivity contribution in [3.63, 3.8) is 0 Å². The zero-order valence-electron chi connectivity index (χ0n) is 34.8. The van der Waals surface area contributed by atoms with E-state index in [1.165, 1.54) is 70.2 Å². The summed E-state index contributed by atoms with van der Waals surface area (Å²) in [7, 11) is 0. The average molecular weight is 834 g/mol. The maximum Gasteiger partial charge on any atom is 0.159 e. The van der Waals surface area contributed by atoms with Crippen molar-refractivity contribution in [3.8, 4) is 33.4 Å². The zero-order chi connectivity index (χ0) is 42.2. The highest BCUT2D eigenvalue weighted by Gasteiger charge is 2.47. The van der Waals surface area contributed by atoms with Crippen LogP contribution in [0, 0.1) is 0 Å². The Kier molecular flexibility index (Phi) is 8.34. The van der Waals surface area contributed by atoms with Gasteiger partial charge in [0.1, 0.15) is 5.58 Å². The Labute approximate surface area is 375 Å². The summed E-state index contributed by atoms with van der Waals surface area (Å²) in [6.07, 6.45) is 0. The fraction of sp³-hybridized carbons (Fsp3) is 0.0164. The smallest absolute Gasteiger partial charge is 0.159 e. The molecule has 0 bridgehead atoms. The highest BCUT2D eigenvalue weighted by molar-refractivity contribution is 7.26. The van der Waals surface area contributed by atoms with Gasteiger partial charge in [0, 0.05) is 42.2 Å². The van der Waals surface area contributed by atoms with Crippen molar-refractivity contribution in [2.24, 2.45) is 0 Å². The minimum absolute atomic E-state index is 0.531. The number of nitrogens with zero attached hydrogens (tertiary/aromatic N) is 1. The first-order valence-electron chi connectivity index (χ1n) is 21.9. The quantitative estimate of drug-likeness (QED) is 0.159. The maximum absolute atomic E-state index is 6.83. The fourth-order valence-electron chi connectivity index (χ4n) is 10.6. The SMILES string of the molecule is c1ccc(C2(c3ccccc3)c3ccccc3-c3c(N(c4ccc(-c5cccc(-c6cccc7c6sc6ccccc67)c5)cc4)c4cccc5c4oc4ccccc45)cccc32)cc1. The van der Waals surface area contributed by atoms with Gasteiger partial charge in [0.15, 0.2) is 5.58 Å². The predicted octanol–water partition coefficient (Wildman–Crippen LogP) is 17.1. The number of rotatable bonds is 7. The summed E-state index contributed by atoms with van der Waals surface area (Å²) < 4.78 is 9.48. The third-order valence-electron chi connectivity index (χ3n) is 13.4. The van der Waals surface area contributed by atoms with Gasteiger partial charge in [-0.15, -0.1) is 11.3 Å². The average Bonchev–Trinajstić information content (AvgIpc) is 4.04. The minimum Gasteiger partial charge on any atom is -0.454 e. The highest BCUT2D eigenvalue weighted by Crippen LogP contribution is 2.60. The van der Waals surface area contributed by atoms with Gasteiger partial charge in [-0.3, -0.25) is 0 Å². The second kappa shape index (κ2) is 14.6. The van der Waals surface area contributed by atoms with Crippen LogP contribution in [0.2, 0.25) is 0 Å². The molecule has 1 aliphatic rings. The summed E-state index contributed by atoms with van der Waals surface area (Å²) in [4.78, 5) is 2.43. The molecular formula is C61H39NOS. The predicted molar refractivity (Wildman–Crippen MR) is 269 cm³/mol. The molecular weight excluding hydrogens is 795 g/mol. The van der Waals surface area contributed by atoms with Crippen molar-refractivity contribution in [1.82, 2.24) is 0 Å². The Morgan fingerprint density at radius 1 is 0.391 bits per heavy atom. The summed E-state index contributed by atoms with van der Waals surface area (Å²) in [5.41, 5.74) is 16.6. The first kappa shape index (κ1) is 36.7. The van der Waals surface area contributed by atoms with Crippen LogP contribution in [0.25, 0.3) is 75.5 Å². The van der Waals surface area contributed by atoms with Crippen LogP contribution in [0.3, 0.4) is 0 Å². The van der Waals surface area contributed by atoms with E-state index >= 15 is 0 Å². The molecule has 0 saturated heterocycles. The van der Waals surface area contributed by atoms with Crippen LogP contribution in [-0.4, -0.2) is 0 Å². The Balaban J connectivity index is 1.01. The van der Waals surface area contributed by atoms with Crippen LogP contribution in [0.4, 0.5) is 17.1 Å². The lowest BCUT2D eigenvalue weighted by Crippen LogP contribution is -2.28. The molecule has 3 heteroatoms. The molecule has 0 saturated carbocycles. The maximum atomic E-state index is 6.83. The molecule has 2 aromatic heterocycles. The lowest BCUT2D eigenvalue weighted by Gasteiger charge is -2.34. The molecule has 2 nitrogen and oxygen atoms in total. The van der Waals surface area contributed by atoms with Crippen LogP contribution < -0.4 is 4.90 Å². The second-order valence-corrected chi connectivity index (χ2v) is 17.8. The summed E-state index contributed by atoms with van der Waals surface area (Å²) in [6.45, 7) is 0. The van der Waals surface area contributed by atoms with Gasteiger partial charge >= 0.3 is 0 Å². The lowest BCUT2D eigenvalue weighted by atomic mass is 9.68. The molecule has 0 unspecified atom stereocenters. The standard InChI is InChI=1S/C61H39NOS/c1-3-19-43(20-4-1)61(44-21-5-2-6-22-44)52-29-10-7-25-51(52)58-53(61)30-16-31-54(58)62(55-32-15-27-49-47-23-8-11-33-56(47)63-59(49)55)45-37-35-40(36-38-45)41-17-13-18-42(39-41)46-26-14-28-50-48-24-9-12-34-57(48)64-60(46)50/h1-39H. The van der Waals surface area contributed by atoms with E-state index in [-0.39, 0.29) is 0 Å². The molecule has 300 valence electrons. The molecule has 1 aliphatic carbocycles. The summed E-state index contributed by atoms with van der Waals surface area (Å²) in [6, 6.07) is 86.4. The second-order valence-electron chi connectivity index (χ2n) is 16.7. The molecule has 0 N–H and O–H groups in total. The normalized spacial score (nSPS) is 12.8. The van der Waals surface area contributed by atoms with Gasteiger partial charge in [-0.2, -0.15) is 0 Å². The molecule has 0 radical (unpaired) electrons. The van der Waals surface area contributed by atoms with E-state index < -0.39 is 5.41 Å². The number of fused-ring (bicyclic) bond motifs is 9. The Morgan fingerprint density at radius 2 is 0.984 bits per heavy atom. The third kappa shape index (κ3) is 5.44. The first-order valence-corrected chi connectivity index (χ1v) is 22.7. The molecule has 13 rings (SSSR count). The van der Waals surface area contributed by atoms with Crippen LogP contribution in [0.1, 0.15) is 22.3 Å². The minimum atomic E-state index is -0.531. The number of thiophene rings is 1. The molecule has 0 atom stereocenters. The topological polar surface area (TPSA) is 16.4 Å². The monoisotopic (exact) mass is 833 g/mol. The molecule has 64 heavy (non-hydrogen) atoms. The number of para-hydroxylation sites is 2. The number of hydrogen-bond donors (Lipinski definition) is 0. The molecule has 0 amide bonds. The highest BCUT2D eigenvalue weighted by atomic mass is 32.1. The number of benzene rings is 10. The third-order valence-corrected chi connectivity index (χ3v) is 14.6. The molecule has 0 spiro atoms. The van der Waals surface area contributed by atoms with E-state index in [0.717, 1.165) is 44.6 Å². The van der Waals surface area contributed by atoms with Gasteiger partial charge in [-0.05, 0) is 92.5 Å². The Hall–Kier alpha value is -7.98. The molecule has 10 aromatic carbocycles. The van der Waals surface area contributed by atoms with Crippen LogP contribution >= 0.6 is 11.3 Å². The van der Waals surface area contributed by atoms with Crippen molar-refractivity contribution in [1.29, 1.82) is 0 Å². The van der Waals surface area contributed by atoms with Crippen molar-refractivity contribution >= 4 is 70.5 Å². The number of anilines is 3. The van der Waals surface area contributed by atoms with Crippen LogP contribution in [0.5, 0.6) is 0 Å². The van der Waals surface area contributed by atoms with Crippen molar-refractivity contribution in [2.45, 2.75) is 5.41 Å². The molecule has 0 fully saturated rings. The summed E-state index contributed by atoms with van der Waals surface area (Å²) in [5.74, 6) is 0. The Bertz CT molecular complexity index is 3690.